The molecule has 1 fully saturated rings. The number of rotatable bonds is 12. The maximum absolute atomic E-state index is 12.7. The summed E-state index contributed by atoms with van der Waals surface area (Å²) in [6.07, 6.45) is -13.4. The molecule has 0 spiro atoms. The lowest BCUT2D eigenvalue weighted by Crippen LogP contribution is -2.18. The number of carboxylic acids is 1. The number of ether oxygens (including phenoxy) is 5. The zero-order valence-corrected chi connectivity index (χ0v) is 35.6. The van der Waals surface area contributed by atoms with Crippen LogP contribution >= 0.6 is 11.6 Å². The summed E-state index contributed by atoms with van der Waals surface area (Å²) in [7, 11) is 0. The molecule has 28 heteroatoms. The summed E-state index contributed by atoms with van der Waals surface area (Å²) in [5.41, 5.74) is 1.66. The predicted octanol–water partition coefficient (Wildman–Crippen LogP) is 10.8. The fraction of sp³-hybridized carbons (Fsp3) is 0.268. The first kappa shape index (κ1) is 54.2. The molecule has 0 radical (unpaired) electrons. The second-order valence-corrected chi connectivity index (χ2v) is 13.7. The Morgan fingerprint density at radius 1 is 0.638 bits per heavy atom. The smallest absolute Gasteiger partial charge is 0.493 e. The van der Waals surface area contributed by atoms with Crippen LogP contribution in [0.2, 0.25) is 5.15 Å². The number of carboxylic acid groups (broad SMARTS) is 1. The molecule has 0 atom stereocenters. The first-order valence-corrected chi connectivity index (χ1v) is 19.4. The Hall–Kier alpha value is -7.45. The van der Waals surface area contributed by atoms with E-state index in [2.05, 4.69) is 43.9 Å². The fourth-order valence-electron chi connectivity index (χ4n) is 5.15. The molecular formula is C41H31ClF12N6O9. The number of aromatic nitrogens is 6. The van der Waals surface area contributed by atoms with Gasteiger partial charge in [0.15, 0.2) is 17.3 Å². The van der Waals surface area contributed by atoms with Gasteiger partial charge in [-0.3, -0.25) is 9.59 Å². The van der Waals surface area contributed by atoms with Gasteiger partial charge in [-0.05, 0) is 44.0 Å². The van der Waals surface area contributed by atoms with E-state index in [-0.39, 0.29) is 23.0 Å². The lowest BCUT2D eigenvalue weighted by atomic mass is 10.1. The van der Waals surface area contributed by atoms with E-state index in [1.54, 1.807) is 12.3 Å². The molecule has 0 unspecified atom stereocenters. The van der Waals surface area contributed by atoms with E-state index in [1.165, 1.54) is 43.3 Å². The average Bonchev–Trinajstić information content (AvgIpc) is 3.99. The number of ketones is 2. The van der Waals surface area contributed by atoms with Crippen molar-refractivity contribution in [2.45, 2.75) is 64.5 Å². The quantitative estimate of drug-likeness (QED) is 0.0693. The number of carbonyl (C=O) groups is 3. The number of Topliss-reactive ketones (excluding diaryl/α,β-unsaturated/α-hetero) is 2. The van der Waals surface area contributed by atoms with E-state index in [1.807, 2.05) is 17.5 Å². The van der Waals surface area contributed by atoms with Gasteiger partial charge in [0, 0.05) is 67.6 Å². The van der Waals surface area contributed by atoms with Crippen molar-refractivity contribution in [2.75, 3.05) is 6.61 Å². The molecule has 0 amide bonds. The number of pyridine rings is 5. The van der Waals surface area contributed by atoms with Gasteiger partial charge in [-0.1, -0.05) is 35.9 Å². The minimum Gasteiger partial charge on any atom is -0.493 e. The normalized spacial score (nSPS) is 12.4. The number of carbonyl (C=O) groups excluding carboxylic acids is 2. The first-order chi connectivity index (χ1) is 32.1. The average molecular weight is 1020 g/mol. The fourth-order valence-corrected chi connectivity index (χ4v) is 5.30. The van der Waals surface area contributed by atoms with Crippen LogP contribution in [-0.4, -0.2) is 84.0 Å². The van der Waals surface area contributed by atoms with E-state index in [9.17, 15) is 67.1 Å². The van der Waals surface area contributed by atoms with Gasteiger partial charge >= 0.3 is 31.4 Å². The summed E-state index contributed by atoms with van der Waals surface area (Å²) in [4.78, 5) is 51.8. The minimum absolute atomic E-state index is 0.0447. The Morgan fingerprint density at radius 3 is 1.51 bits per heavy atom. The molecule has 15 nitrogen and oxygen atoms in total. The number of hydrogen-bond donors (Lipinski definition) is 1. The van der Waals surface area contributed by atoms with Gasteiger partial charge in [0.25, 0.3) is 0 Å². The van der Waals surface area contributed by atoms with E-state index in [0.29, 0.717) is 23.8 Å². The number of hydrogen-bond acceptors (Lipinski definition) is 13. The van der Waals surface area contributed by atoms with Crippen LogP contribution in [0.1, 0.15) is 75.3 Å². The van der Waals surface area contributed by atoms with E-state index in [4.69, 9.17) is 21.4 Å². The van der Waals surface area contributed by atoms with Gasteiger partial charge in [0.2, 0.25) is 23.5 Å². The Kier molecular flexibility index (Phi) is 18.1. The van der Waals surface area contributed by atoms with Crippen molar-refractivity contribution in [2.24, 2.45) is 0 Å². The summed E-state index contributed by atoms with van der Waals surface area (Å²) >= 11 is 5.32. The maximum atomic E-state index is 12.7. The molecule has 0 aliphatic heterocycles. The van der Waals surface area contributed by atoms with Gasteiger partial charge in [-0.25, -0.2) is 29.7 Å². The van der Waals surface area contributed by atoms with Crippen LogP contribution in [0.25, 0.3) is 5.65 Å². The number of imidazole rings is 1. The van der Waals surface area contributed by atoms with Crippen molar-refractivity contribution in [3.63, 3.8) is 0 Å². The van der Waals surface area contributed by atoms with Crippen LogP contribution in [0.5, 0.6) is 29.3 Å². The van der Waals surface area contributed by atoms with Crippen molar-refractivity contribution in [1.82, 2.24) is 29.3 Å². The molecule has 0 bridgehead atoms. The number of aromatic carboxylic acids is 1. The van der Waals surface area contributed by atoms with Gasteiger partial charge in [-0.15, -0.1) is 52.7 Å². The number of halogens is 13. The molecule has 6 heterocycles. The van der Waals surface area contributed by atoms with E-state index in [0.717, 1.165) is 60.6 Å². The van der Waals surface area contributed by atoms with Crippen LogP contribution in [0.3, 0.4) is 0 Å². The van der Waals surface area contributed by atoms with Crippen LogP contribution < -0.4 is 23.7 Å². The molecule has 1 aliphatic carbocycles. The largest absolute Gasteiger partial charge is 0.574 e. The van der Waals surface area contributed by atoms with Crippen LogP contribution in [0.15, 0.2) is 91.3 Å². The summed E-state index contributed by atoms with van der Waals surface area (Å²) in [5.74, 6) is -3.94. The number of nitrogens with zero attached hydrogens (tertiary/aromatic N) is 6. The van der Waals surface area contributed by atoms with Crippen molar-refractivity contribution in [3.8, 4) is 29.3 Å². The third-order valence-electron chi connectivity index (χ3n) is 7.90. The highest BCUT2D eigenvalue weighted by Gasteiger charge is 2.34. The van der Waals surface area contributed by atoms with Gasteiger partial charge in [-0.2, -0.15) is 0 Å². The van der Waals surface area contributed by atoms with Gasteiger partial charge in [0.05, 0.1) is 12.3 Å². The summed E-state index contributed by atoms with van der Waals surface area (Å²) in [6, 6.07) is 15.9. The lowest BCUT2D eigenvalue weighted by molar-refractivity contribution is -0.277. The summed E-state index contributed by atoms with van der Waals surface area (Å²) < 4.78 is 164. The molecule has 6 aromatic heterocycles. The second-order valence-electron chi connectivity index (χ2n) is 13.3. The molecule has 1 aliphatic rings. The molecule has 0 saturated heterocycles. The van der Waals surface area contributed by atoms with Gasteiger partial charge < -0.3 is 33.2 Å². The second kappa shape index (κ2) is 23.0. The standard InChI is InChI=1S/C20H18F3N3O3.C8H6F3NO2.C7H4F3NO3.C6H3ClF3NO/c1-2-28-17-9-18-24-15(12-6-7-12)11-26(18)10-13(17)8-16(27)14-4-3-5-19(25-14)29-20(21,22)23;1-5(13)6-3-2-4-7(12-6)14-8(9,10)11;8-7(9,10)14-5-3-1-2-4(11-5)6(12)13;7-4-2-1-3-5(11-4)12-6(8,9)10/h3-5,9-12H,2,6-8H2,1H3;2-4H,1H3;1-3H,(H,12,13);1-3H. The Morgan fingerprint density at radius 2 is 1.07 bits per heavy atom. The van der Waals surface area contributed by atoms with E-state index < -0.39 is 72.2 Å². The molecule has 7 rings (SSSR count). The van der Waals surface area contributed by atoms with Crippen molar-refractivity contribution < 1.29 is 95.9 Å². The highest BCUT2D eigenvalue weighted by atomic mass is 35.5. The Labute approximate surface area is 384 Å². The maximum Gasteiger partial charge on any atom is 0.574 e. The van der Waals surface area contributed by atoms with Crippen LogP contribution in [0.4, 0.5) is 52.7 Å². The SMILES string of the molecule is CC(=O)c1cccc(OC(F)(F)F)n1.CCOc1cc2nc(C3CC3)cn2cc1CC(=O)c1cccc(OC(F)(F)F)n1.FC(F)(F)Oc1cccc(Cl)n1.O=C(O)c1cccc(OC(F)(F)F)n1. The van der Waals surface area contributed by atoms with Crippen molar-refractivity contribution in [1.29, 1.82) is 0 Å². The summed E-state index contributed by atoms with van der Waals surface area (Å²) in [5, 5.41) is 8.36. The monoisotopic (exact) mass is 1010 g/mol. The molecule has 1 N–H and O–H groups in total. The Bertz CT molecular complexity index is 2640. The molecule has 69 heavy (non-hydrogen) atoms. The predicted molar refractivity (Wildman–Crippen MR) is 212 cm³/mol. The third-order valence-corrected chi connectivity index (χ3v) is 8.12. The number of alkyl halides is 12. The molecular weight excluding hydrogens is 984 g/mol. The van der Waals surface area contributed by atoms with E-state index >= 15 is 0 Å². The van der Waals surface area contributed by atoms with Crippen molar-refractivity contribution >= 4 is 34.8 Å². The topological polar surface area (TPSA) is 186 Å². The van der Waals surface area contributed by atoms with Crippen LogP contribution in [-0.2, 0) is 6.42 Å². The van der Waals surface area contributed by atoms with Gasteiger partial charge in [0.1, 0.15) is 27.9 Å². The molecule has 370 valence electrons. The first-order valence-electron chi connectivity index (χ1n) is 19.0. The zero-order valence-electron chi connectivity index (χ0n) is 34.9. The highest BCUT2D eigenvalue weighted by Crippen LogP contribution is 2.40. The third kappa shape index (κ3) is 19.7. The van der Waals surface area contributed by atoms with Crippen LogP contribution in [0, 0.1) is 0 Å². The number of fused-ring (bicyclic) bond motifs is 1. The minimum atomic E-state index is -4.87. The summed E-state index contributed by atoms with van der Waals surface area (Å²) in [6.45, 7) is 3.44. The van der Waals surface area contributed by atoms with Crippen molar-refractivity contribution in [3.05, 3.63) is 125 Å². The zero-order chi connectivity index (χ0) is 51.3. The molecule has 6 aromatic rings. The highest BCUT2D eigenvalue weighted by molar-refractivity contribution is 6.29. The molecule has 0 aromatic carbocycles. The molecule has 1 saturated carbocycles. The Balaban J connectivity index is 0.000000219. The lowest BCUT2D eigenvalue weighted by Gasteiger charge is -2.11.